The Kier molecular flexibility index (Phi) is 2.27. The van der Waals surface area contributed by atoms with Gasteiger partial charge in [0.15, 0.2) is 12.3 Å². The molecule has 0 aromatic carbocycles. The number of carbonyl (C=O) groups excluding carboxylic acids is 1. The number of likely N-dealkylation sites (N-methyl/N-ethyl adjacent to an activating group) is 1. The summed E-state index contributed by atoms with van der Waals surface area (Å²) in [5.74, 6) is 1.17. The molecule has 1 aliphatic rings. The van der Waals surface area contributed by atoms with Gasteiger partial charge in [0, 0.05) is 13.3 Å². The molecular weight excluding hydrogens is 140 g/mol. The predicted molar refractivity (Wildman–Crippen MR) is 44.0 cm³/mol. The lowest BCUT2D eigenvalue weighted by atomic mass is 10.2. The highest BCUT2D eigenvalue weighted by Crippen LogP contribution is 2.04. The summed E-state index contributed by atoms with van der Waals surface area (Å²) in [6.45, 7) is 3.02. The maximum Gasteiger partial charge on any atom is 0.243 e. The molecule has 3 nitrogen and oxygen atoms in total. The fourth-order valence-corrected chi connectivity index (χ4v) is 1.35. The third kappa shape index (κ3) is 1.42. The Hall–Kier alpha value is -0.860. The number of hydrogen-bond acceptors (Lipinski definition) is 2. The van der Waals surface area contributed by atoms with Gasteiger partial charge in [-0.05, 0) is 0 Å². The van der Waals surface area contributed by atoms with E-state index in [-0.39, 0.29) is 6.04 Å². The second-order valence-electron chi connectivity index (χ2n) is 3.07. The van der Waals surface area contributed by atoms with Crippen LogP contribution in [0.3, 0.4) is 0 Å². The average molecular weight is 155 g/mol. The predicted octanol–water partition coefficient (Wildman–Crippen LogP) is -0.0499. The molecule has 0 saturated heterocycles. The highest BCUT2D eigenvalue weighted by atomic mass is 16.1. The largest absolute Gasteiger partial charge is 0.299 e. The Morgan fingerprint density at radius 3 is 2.91 bits per heavy atom. The maximum absolute atomic E-state index is 10.5. The summed E-state index contributed by atoms with van der Waals surface area (Å²) in [6, 6.07) is 0.0891. The van der Waals surface area contributed by atoms with Crippen LogP contribution in [0.4, 0.5) is 0 Å². The van der Waals surface area contributed by atoms with Crippen LogP contribution in [0, 0.1) is 0 Å². The van der Waals surface area contributed by atoms with Gasteiger partial charge in [-0.1, -0.05) is 0 Å². The number of carbonyl (C=O) groups is 1. The molecule has 0 N–H and O–H groups in total. The van der Waals surface area contributed by atoms with Crippen LogP contribution in [0.5, 0.6) is 0 Å². The lowest BCUT2D eigenvalue weighted by Crippen LogP contribution is -2.44. The summed E-state index contributed by atoms with van der Waals surface area (Å²) in [4.78, 5) is 12.7. The minimum atomic E-state index is 0.0891. The van der Waals surface area contributed by atoms with Crippen molar-refractivity contribution in [1.82, 2.24) is 4.90 Å². The molecule has 0 spiro atoms. The molecule has 1 heterocycles. The second-order valence-corrected chi connectivity index (χ2v) is 3.07. The smallest absolute Gasteiger partial charge is 0.243 e. The topological polar surface area (TPSA) is 23.3 Å². The Morgan fingerprint density at radius 2 is 2.36 bits per heavy atom. The summed E-state index contributed by atoms with van der Waals surface area (Å²) in [5.41, 5.74) is 0. The molecule has 11 heavy (non-hydrogen) atoms. The van der Waals surface area contributed by atoms with E-state index in [0.717, 1.165) is 19.3 Å². The molecule has 1 unspecified atom stereocenters. The SMILES string of the molecule is CC1=[N+](C)C(C=O)CCN1C. The van der Waals surface area contributed by atoms with E-state index in [1.165, 1.54) is 5.84 Å². The van der Waals surface area contributed by atoms with Crippen LogP contribution in [0.1, 0.15) is 13.3 Å². The van der Waals surface area contributed by atoms with Crippen molar-refractivity contribution in [3.8, 4) is 0 Å². The van der Waals surface area contributed by atoms with Gasteiger partial charge in [0.25, 0.3) is 0 Å². The van der Waals surface area contributed by atoms with Crippen molar-refractivity contribution in [3.63, 3.8) is 0 Å². The first-order chi connectivity index (χ1) is 5.16. The molecule has 0 aromatic rings. The molecule has 1 aliphatic heterocycles. The van der Waals surface area contributed by atoms with E-state index in [9.17, 15) is 4.79 Å². The van der Waals surface area contributed by atoms with E-state index in [0.29, 0.717) is 0 Å². The Labute approximate surface area is 67.3 Å². The van der Waals surface area contributed by atoms with Crippen LogP contribution in [0.2, 0.25) is 0 Å². The Bertz CT molecular complexity index is 198. The lowest BCUT2D eigenvalue weighted by molar-refractivity contribution is -0.533. The van der Waals surface area contributed by atoms with E-state index < -0.39 is 0 Å². The van der Waals surface area contributed by atoms with E-state index in [1.807, 2.05) is 25.6 Å². The van der Waals surface area contributed by atoms with Gasteiger partial charge < -0.3 is 0 Å². The summed E-state index contributed by atoms with van der Waals surface area (Å²) >= 11 is 0. The second kappa shape index (κ2) is 3.03. The van der Waals surface area contributed by atoms with Crippen LogP contribution in [0.25, 0.3) is 0 Å². The molecule has 0 aliphatic carbocycles. The molecule has 0 amide bonds. The van der Waals surface area contributed by atoms with Gasteiger partial charge in [-0.3, -0.25) is 14.3 Å². The molecule has 0 saturated carbocycles. The van der Waals surface area contributed by atoms with E-state index >= 15 is 0 Å². The molecular formula is C8H15N2O+. The van der Waals surface area contributed by atoms with Gasteiger partial charge in [0.2, 0.25) is 5.84 Å². The van der Waals surface area contributed by atoms with E-state index in [2.05, 4.69) is 4.90 Å². The van der Waals surface area contributed by atoms with Crippen molar-refractivity contribution in [2.75, 3.05) is 20.6 Å². The highest BCUT2D eigenvalue weighted by Gasteiger charge is 2.25. The molecule has 62 valence electrons. The van der Waals surface area contributed by atoms with E-state index in [4.69, 9.17) is 0 Å². The maximum atomic E-state index is 10.5. The zero-order valence-corrected chi connectivity index (χ0v) is 7.37. The van der Waals surface area contributed by atoms with Crippen molar-refractivity contribution < 1.29 is 9.37 Å². The van der Waals surface area contributed by atoms with E-state index in [1.54, 1.807) is 0 Å². The molecule has 0 aromatic heterocycles. The molecule has 0 radical (unpaired) electrons. The minimum Gasteiger partial charge on any atom is -0.299 e. The molecule has 0 fully saturated rings. The average Bonchev–Trinajstić information content (AvgIpc) is 2.01. The first-order valence-corrected chi connectivity index (χ1v) is 3.89. The standard InChI is InChI=1S/C8H15N2O/c1-7-9(2)5-4-8(6-11)10(7)3/h6,8H,4-5H2,1-3H3/q+1. The summed E-state index contributed by atoms with van der Waals surface area (Å²) in [7, 11) is 4.01. The van der Waals surface area contributed by atoms with Crippen LogP contribution in [0.15, 0.2) is 0 Å². The van der Waals surface area contributed by atoms with Gasteiger partial charge in [0.05, 0.1) is 20.6 Å². The van der Waals surface area contributed by atoms with Crippen LogP contribution >= 0.6 is 0 Å². The highest BCUT2D eigenvalue weighted by molar-refractivity contribution is 5.76. The van der Waals surface area contributed by atoms with Gasteiger partial charge in [-0.25, -0.2) is 0 Å². The third-order valence-electron chi connectivity index (χ3n) is 2.48. The van der Waals surface area contributed by atoms with Crippen LogP contribution in [-0.4, -0.2) is 48.3 Å². The van der Waals surface area contributed by atoms with Gasteiger partial charge in [0.1, 0.15) is 0 Å². The van der Waals surface area contributed by atoms with Crippen molar-refractivity contribution >= 4 is 12.1 Å². The number of nitrogens with zero attached hydrogens (tertiary/aromatic N) is 2. The monoisotopic (exact) mass is 155 g/mol. The molecule has 0 bridgehead atoms. The van der Waals surface area contributed by atoms with Crippen molar-refractivity contribution in [2.45, 2.75) is 19.4 Å². The molecule has 1 rings (SSSR count). The number of amidine groups is 1. The molecule has 3 heteroatoms. The van der Waals surface area contributed by atoms with Crippen molar-refractivity contribution in [2.24, 2.45) is 0 Å². The Morgan fingerprint density at radius 1 is 1.73 bits per heavy atom. The number of rotatable bonds is 1. The van der Waals surface area contributed by atoms with Crippen molar-refractivity contribution in [3.05, 3.63) is 0 Å². The van der Waals surface area contributed by atoms with Crippen LogP contribution in [-0.2, 0) is 4.79 Å². The summed E-state index contributed by atoms with van der Waals surface area (Å²) in [5, 5.41) is 0. The molecule has 1 atom stereocenters. The van der Waals surface area contributed by atoms with Gasteiger partial charge >= 0.3 is 0 Å². The Balaban J connectivity index is 2.86. The quantitative estimate of drug-likeness (QED) is 0.391. The summed E-state index contributed by atoms with van der Waals surface area (Å²) in [6.07, 6.45) is 1.96. The number of hydrogen-bond donors (Lipinski definition) is 0. The van der Waals surface area contributed by atoms with Crippen molar-refractivity contribution in [1.29, 1.82) is 0 Å². The fourth-order valence-electron chi connectivity index (χ4n) is 1.35. The zero-order chi connectivity index (χ0) is 8.43. The fraction of sp³-hybridized carbons (Fsp3) is 0.750. The van der Waals surface area contributed by atoms with Gasteiger partial charge in [-0.2, -0.15) is 0 Å². The normalized spacial score (nSPS) is 25.7. The lowest BCUT2D eigenvalue weighted by Gasteiger charge is -2.23. The van der Waals surface area contributed by atoms with Gasteiger partial charge in [-0.15, -0.1) is 0 Å². The summed E-state index contributed by atoms with van der Waals surface area (Å²) < 4.78 is 2.02. The zero-order valence-electron chi connectivity index (χ0n) is 7.37. The minimum absolute atomic E-state index is 0.0891. The number of aldehydes is 1. The third-order valence-corrected chi connectivity index (χ3v) is 2.48. The first kappa shape index (κ1) is 8.24. The van der Waals surface area contributed by atoms with Crippen LogP contribution < -0.4 is 0 Å². The first-order valence-electron chi connectivity index (χ1n) is 3.89.